The van der Waals surface area contributed by atoms with Gasteiger partial charge in [0.15, 0.2) is 0 Å². The van der Waals surface area contributed by atoms with Crippen LogP contribution in [0.1, 0.15) is 58.4 Å². The quantitative estimate of drug-likeness (QED) is 0.787. The third-order valence-electron chi connectivity index (χ3n) is 3.05. The molecule has 0 aromatic carbocycles. The molecule has 1 N–H and O–H groups in total. The van der Waals surface area contributed by atoms with Gasteiger partial charge >= 0.3 is 0 Å². The Bertz CT molecular complexity index is 390. The molecule has 0 saturated heterocycles. The summed E-state index contributed by atoms with van der Waals surface area (Å²) in [6.07, 6.45) is 4.97. The summed E-state index contributed by atoms with van der Waals surface area (Å²) in [6.45, 7) is 8.51. The Kier molecular flexibility index (Phi) is 6.99. The van der Waals surface area contributed by atoms with Gasteiger partial charge in [0.2, 0.25) is 11.0 Å². The SMILES string of the molecule is CCCC[C@@H](CC)C(=O)Nc1nnc(CC(C)C)s1. The summed E-state index contributed by atoms with van der Waals surface area (Å²) in [7, 11) is 0. The first-order valence-corrected chi connectivity index (χ1v) is 8.01. The third-order valence-corrected chi connectivity index (χ3v) is 3.91. The van der Waals surface area contributed by atoms with Gasteiger partial charge in [0, 0.05) is 12.3 Å². The lowest BCUT2D eigenvalue weighted by atomic mass is 9.99. The number of aromatic nitrogens is 2. The highest BCUT2D eigenvalue weighted by Crippen LogP contribution is 2.20. The summed E-state index contributed by atoms with van der Waals surface area (Å²) >= 11 is 1.49. The maximum atomic E-state index is 12.1. The second-order valence-electron chi connectivity index (χ2n) is 5.34. The summed E-state index contributed by atoms with van der Waals surface area (Å²) in [5.74, 6) is 0.741. The summed E-state index contributed by atoms with van der Waals surface area (Å²) in [5.41, 5.74) is 0. The van der Waals surface area contributed by atoms with Gasteiger partial charge in [0.1, 0.15) is 5.01 Å². The summed E-state index contributed by atoms with van der Waals surface area (Å²) in [4.78, 5) is 12.1. The molecule has 0 aliphatic carbocycles. The van der Waals surface area contributed by atoms with Crippen molar-refractivity contribution in [3.8, 4) is 0 Å². The van der Waals surface area contributed by atoms with E-state index in [1.165, 1.54) is 11.3 Å². The van der Waals surface area contributed by atoms with Crippen LogP contribution in [0.2, 0.25) is 0 Å². The van der Waals surface area contributed by atoms with E-state index >= 15 is 0 Å². The number of hydrogen-bond donors (Lipinski definition) is 1. The lowest BCUT2D eigenvalue weighted by molar-refractivity contribution is -0.120. The zero-order chi connectivity index (χ0) is 14.3. The van der Waals surface area contributed by atoms with Crippen LogP contribution in [0, 0.1) is 11.8 Å². The number of rotatable bonds is 8. The normalized spacial score (nSPS) is 12.7. The van der Waals surface area contributed by atoms with Crippen molar-refractivity contribution in [2.24, 2.45) is 11.8 Å². The molecule has 4 nitrogen and oxygen atoms in total. The van der Waals surface area contributed by atoms with E-state index in [-0.39, 0.29) is 11.8 Å². The molecule has 0 fully saturated rings. The molecule has 1 aromatic rings. The topological polar surface area (TPSA) is 54.9 Å². The first-order chi connectivity index (χ1) is 9.06. The second kappa shape index (κ2) is 8.25. The number of nitrogens with zero attached hydrogens (tertiary/aromatic N) is 2. The number of nitrogens with one attached hydrogen (secondary N) is 1. The molecule has 0 bridgehead atoms. The van der Waals surface area contributed by atoms with Gasteiger partial charge in [0.05, 0.1) is 0 Å². The second-order valence-corrected chi connectivity index (χ2v) is 6.40. The molecule has 1 amide bonds. The lowest BCUT2D eigenvalue weighted by Gasteiger charge is -2.12. The van der Waals surface area contributed by atoms with Gasteiger partial charge in [-0.2, -0.15) is 0 Å². The van der Waals surface area contributed by atoms with Crippen LogP contribution < -0.4 is 5.32 Å². The van der Waals surface area contributed by atoms with E-state index < -0.39 is 0 Å². The molecular formula is C14H25N3OS. The minimum atomic E-state index is 0.0863. The molecule has 1 rings (SSSR count). The van der Waals surface area contributed by atoms with Crippen LogP contribution in [0.25, 0.3) is 0 Å². The Labute approximate surface area is 120 Å². The van der Waals surface area contributed by atoms with E-state index in [1.54, 1.807) is 0 Å². The number of anilines is 1. The van der Waals surface area contributed by atoms with Gasteiger partial charge < -0.3 is 5.32 Å². The van der Waals surface area contributed by atoms with E-state index in [0.29, 0.717) is 11.0 Å². The van der Waals surface area contributed by atoms with Crippen molar-refractivity contribution in [1.29, 1.82) is 0 Å². The Morgan fingerprint density at radius 1 is 1.32 bits per heavy atom. The lowest BCUT2D eigenvalue weighted by Crippen LogP contribution is -2.22. The maximum Gasteiger partial charge on any atom is 0.229 e. The molecule has 5 heteroatoms. The molecule has 1 atom stereocenters. The predicted octanol–water partition coefficient (Wildman–Crippen LogP) is 3.89. The number of amides is 1. The first-order valence-electron chi connectivity index (χ1n) is 7.20. The number of carbonyl (C=O) groups excluding carboxylic acids is 1. The molecule has 0 unspecified atom stereocenters. The Morgan fingerprint density at radius 2 is 2.05 bits per heavy atom. The van der Waals surface area contributed by atoms with Crippen molar-refractivity contribution in [1.82, 2.24) is 10.2 Å². The van der Waals surface area contributed by atoms with E-state index in [0.717, 1.165) is 37.1 Å². The zero-order valence-corrected chi connectivity index (χ0v) is 13.2. The summed E-state index contributed by atoms with van der Waals surface area (Å²) < 4.78 is 0. The maximum absolute atomic E-state index is 12.1. The monoisotopic (exact) mass is 283 g/mol. The van der Waals surface area contributed by atoms with Gasteiger partial charge in [-0.25, -0.2) is 0 Å². The van der Waals surface area contributed by atoms with Crippen molar-refractivity contribution < 1.29 is 4.79 Å². The molecule has 1 aromatic heterocycles. The molecule has 1 heterocycles. The molecule has 108 valence electrons. The first kappa shape index (κ1) is 16.1. The van der Waals surface area contributed by atoms with Gasteiger partial charge in [-0.05, 0) is 18.8 Å². The predicted molar refractivity (Wildman–Crippen MR) is 80.4 cm³/mol. The Balaban J connectivity index is 2.52. The smallest absolute Gasteiger partial charge is 0.229 e. The van der Waals surface area contributed by atoms with E-state index in [4.69, 9.17) is 0 Å². The largest absolute Gasteiger partial charge is 0.300 e. The van der Waals surface area contributed by atoms with E-state index in [1.807, 2.05) is 0 Å². The van der Waals surface area contributed by atoms with E-state index in [9.17, 15) is 4.79 Å². The van der Waals surface area contributed by atoms with Crippen LogP contribution in [0.3, 0.4) is 0 Å². The molecule has 0 aliphatic rings. The average molecular weight is 283 g/mol. The minimum Gasteiger partial charge on any atom is -0.300 e. The van der Waals surface area contributed by atoms with Gasteiger partial charge in [0.25, 0.3) is 0 Å². The fourth-order valence-electron chi connectivity index (χ4n) is 1.91. The fraction of sp³-hybridized carbons (Fsp3) is 0.786. The van der Waals surface area contributed by atoms with Crippen molar-refractivity contribution in [3.63, 3.8) is 0 Å². The fourth-order valence-corrected chi connectivity index (χ4v) is 2.87. The number of hydrogen-bond acceptors (Lipinski definition) is 4. The highest BCUT2D eigenvalue weighted by atomic mass is 32.1. The Morgan fingerprint density at radius 3 is 2.63 bits per heavy atom. The minimum absolute atomic E-state index is 0.0863. The Hall–Kier alpha value is -0.970. The zero-order valence-electron chi connectivity index (χ0n) is 12.4. The van der Waals surface area contributed by atoms with Crippen molar-refractivity contribution in [2.45, 2.75) is 59.8 Å². The van der Waals surface area contributed by atoms with Gasteiger partial charge in [-0.1, -0.05) is 51.9 Å². The highest BCUT2D eigenvalue weighted by Gasteiger charge is 2.17. The molecular weight excluding hydrogens is 258 g/mol. The molecule has 19 heavy (non-hydrogen) atoms. The average Bonchev–Trinajstić information content (AvgIpc) is 2.76. The van der Waals surface area contributed by atoms with Gasteiger partial charge in [-0.15, -0.1) is 10.2 Å². The van der Waals surface area contributed by atoms with Crippen molar-refractivity contribution in [2.75, 3.05) is 5.32 Å². The number of unbranched alkanes of at least 4 members (excludes halogenated alkanes) is 1. The highest BCUT2D eigenvalue weighted by molar-refractivity contribution is 7.15. The van der Waals surface area contributed by atoms with E-state index in [2.05, 4.69) is 43.2 Å². The number of carbonyl (C=O) groups is 1. The van der Waals surface area contributed by atoms with Crippen molar-refractivity contribution in [3.05, 3.63) is 5.01 Å². The summed E-state index contributed by atoms with van der Waals surface area (Å²) in [5, 5.41) is 12.7. The van der Waals surface area contributed by atoms with Gasteiger partial charge in [-0.3, -0.25) is 4.79 Å². The molecule has 0 aliphatic heterocycles. The molecule has 0 radical (unpaired) electrons. The standard InChI is InChI=1S/C14H25N3OS/c1-5-7-8-11(6-2)13(18)15-14-17-16-12(19-14)9-10(3)4/h10-11H,5-9H2,1-4H3,(H,15,17,18)/t11-/m1/s1. The van der Waals surface area contributed by atoms with Crippen molar-refractivity contribution >= 4 is 22.4 Å². The molecule has 0 spiro atoms. The summed E-state index contributed by atoms with van der Waals surface area (Å²) in [6, 6.07) is 0. The van der Waals surface area contributed by atoms with Crippen LogP contribution in [-0.2, 0) is 11.2 Å². The van der Waals surface area contributed by atoms with Crippen LogP contribution >= 0.6 is 11.3 Å². The molecule has 0 saturated carbocycles. The van der Waals surface area contributed by atoms with Crippen LogP contribution in [0.4, 0.5) is 5.13 Å². The third kappa shape index (κ3) is 5.68. The van der Waals surface area contributed by atoms with Crippen LogP contribution in [-0.4, -0.2) is 16.1 Å². The van der Waals surface area contributed by atoms with Crippen LogP contribution in [0.15, 0.2) is 0 Å². The van der Waals surface area contributed by atoms with Crippen LogP contribution in [0.5, 0.6) is 0 Å².